The number of aliphatic hydroxyl groups is 1. The van der Waals surface area contributed by atoms with Crippen LogP contribution in [0.15, 0.2) is 11.6 Å². The third-order valence-electron chi connectivity index (χ3n) is 8.63. The summed E-state index contributed by atoms with van der Waals surface area (Å²) >= 11 is 2.35. The Morgan fingerprint density at radius 2 is 1.92 bits per heavy atom. The first-order valence-electron chi connectivity index (χ1n) is 10.4. The average molecular weight is 466 g/mol. The van der Waals surface area contributed by atoms with Crippen molar-refractivity contribution in [2.24, 2.45) is 28.6 Å². The van der Waals surface area contributed by atoms with Crippen LogP contribution in [0.1, 0.15) is 71.6 Å². The van der Waals surface area contributed by atoms with E-state index in [2.05, 4.69) is 48.3 Å². The number of ketones is 1. The van der Waals surface area contributed by atoms with Crippen LogP contribution in [0.25, 0.3) is 0 Å². The van der Waals surface area contributed by atoms with Crippen LogP contribution in [0.4, 0.5) is 0 Å². The Morgan fingerprint density at radius 1 is 1.15 bits per heavy atom. The third kappa shape index (κ3) is 2.65. The van der Waals surface area contributed by atoms with E-state index in [9.17, 15) is 9.90 Å². The summed E-state index contributed by atoms with van der Waals surface area (Å²) in [5, 5.41) is 11.5. The van der Waals surface area contributed by atoms with E-state index in [0.29, 0.717) is 23.5 Å². The molecule has 6 atom stereocenters. The van der Waals surface area contributed by atoms with Gasteiger partial charge in [0.1, 0.15) is 5.60 Å². The normalized spacial score (nSPS) is 47.2. The maximum Gasteiger partial charge on any atom is 0.155 e. The van der Waals surface area contributed by atoms with Crippen LogP contribution < -0.4 is 0 Å². The highest BCUT2D eigenvalue weighted by Crippen LogP contribution is 2.67. The second-order valence-corrected chi connectivity index (χ2v) is 10.6. The maximum atomic E-state index is 11.9. The standard InChI is InChI=1S/C23H31IO2/c1-21-11-7-17(25)15-16(21)5-6-18-19(21)8-12-22(2)20(18)9-13-23(22,26)10-3-4-14-24/h15,18-20,26H,4-9,11-14H2,1-2H3/t18-,19-,20+,21+,22+,23?/m1/s1. The van der Waals surface area contributed by atoms with Gasteiger partial charge in [0, 0.05) is 22.7 Å². The van der Waals surface area contributed by atoms with Crippen LogP contribution >= 0.6 is 22.6 Å². The fourth-order valence-corrected chi connectivity index (χ4v) is 7.31. The Hall–Kier alpha value is -0.340. The highest BCUT2D eigenvalue weighted by atomic mass is 127. The fraction of sp³-hybridized carbons (Fsp3) is 0.783. The topological polar surface area (TPSA) is 37.3 Å². The smallest absolute Gasteiger partial charge is 0.155 e. The van der Waals surface area contributed by atoms with Gasteiger partial charge in [-0.05, 0) is 74.2 Å². The van der Waals surface area contributed by atoms with Crippen LogP contribution in [-0.4, -0.2) is 20.9 Å². The molecule has 1 N–H and O–H groups in total. The molecular formula is C23H31IO2. The van der Waals surface area contributed by atoms with Crippen LogP contribution in [0.3, 0.4) is 0 Å². The lowest BCUT2D eigenvalue weighted by molar-refractivity contribution is -0.119. The molecule has 0 aliphatic heterocycles. The lowest BCUT2D eigenvalue weighted by Crippen LogP contribution is -2.54. The van der Waals surface area contributed by atoms with Gasteiger partial charge < -0.3 is 5.11 Å². The average Bonchev–Trinajstić information content (AvgIpc) is 2.87. The van der Waals surface area contributed by atoms with Gasteiger partial charge in [-0.25, -0.2) is 0 Å². The SMILES string of the molecule is C[C@]12CCC(=O)C=C1CC[C@@H]1[C@H]2CC[C@@]2(C)[C@H]1CCC2(O)C#CCCI. The van der Waals surface area contributed by atoms with Gasteiger partial charge in [-0.1, -0.05) is 53.9 Å². The molecule has 4 rings (SSSR count). The zero-order valence-corrected chi connectivity index (χ0v) is 18.3. The summed E-state index contributed by atoms with van der Waals surface area (Å²) in [5.41, 5.74) is 0.780. The largest absolute Gasteiger partial charge is 0.377 e. The number of allylic oxidation sites excluding steroid dienone is 1. The summed E-state index contributed by atoms with van der Waals surface area (Å²) in [6.45, 7) is 4.74. The molecule has 3 fully saturated rings. The lowest BCUT2D eigenvalue weighted by atomic mass is 9.46. The quantitative estimate of drug-likeness (QED) is 0.333. The van der Waals surface area contributed by atoms with Crippen molar-refractivity contribution < 1.29 is 9.90 Å². The van der Waals surface area contributed by atoms with Gasteiger partial charge in [0.15, 0.2) is 5.78 Å². The first kappa shape index (κ1) is 19.0. The molecule has 0 amide bonds. The van der Waals surface area contributed by atoms with E-state index in [1.807, 2.05) is 6.08 Å². The molecule has 4 aliphatic rings. The summed E-state index contributed by atoms with van der Waals surface area (Å²) in [7, 11) is 0. The summed E-state index contributed by atoms with van der Waals surface area (Å²) < 4.78 is 1.03. The van der Waals surface area contributed by atoms with E-state index in [0.717, 1.165) is 49.4 Å². The minimum Gasteiger partial charge on any atom is -0.377 e. The molecule has 26 heavy (non-hydrogen) atoms. The number of fused-ring (bicyclic) bond motifs is 5. The third-order valence-corrected chi connectivity index (χ3v) is 9.17. The van der Waals surface area contributed by atoms with E-state index in [1.54, 1.807) is 0 Å². The van der Waals surface area contributed by atoms with Crippen molar-refractivity contribution in [2.45, 2.75) is 77.2 Å². The van der Waals surface area contributed by atoms with Gasteiger partial charge in [-0.2, -0.15) is 0 Å². The molecule has 0 saturated heterocycles. The molecule has 142 valence electrons. The minimum atomic E-state index is -0.798. The van der Waals surface area contributed by atoms with Gasteiger partial charge in [0.2, 0.25) is 0 Å². The van der Waals surface area contributed by atoms with Gasteiger partial charge in [0.05, 0.1) is 0 Å². The fourth-order valence-electron chi connectivity index (χ4n) is 7.04. The second kappa shape index (κ2) is 6.62. The Bertz CT molecular complexity index is 701. The number of halogens is 1. The molecule has 0 aromatic carbocycles. The Balaban J connectivity index is 1.64. The predicted molar refractivity (Wildman–Crippen MR) is 113 cm³/mol. The first-order chi connectivity index (χ1) is 12.3. The van der Waals surface area contributed by atoms with Crippen LogP contribution in [0.2, 0.25) is 0 Å². The van der Waals surface area contributed by atoms with Gasteiger partial charge in [0.25, 0.3) is 0 Å². The van der Waals surface area contributed by atoms with E-state index < -0.39 is 5.60 Å². The van der Waals surface area contributed by atoms with E-state index in [1.165, 1.54) is 18.4 Å². The number of carbonyl (C=O) groups excluding carboxylic acids is 1. The summed E-state index contributed by atoms with van der Waals surface area (Å²) in [4.78, 5) is 11.9. The summed E-state index contributed by atoms with van der Waals surface area (Å²) in [5.74, 6) is 8.84. The molecule has 3 heteroatoms. The van der Waals surface area contributed by atoms with Gasteiger partial charge >= 0.3 is 0 Å². The van der Waals surface area contributed by atoms with Crippen molar-refractivity contribution in [3.63, 3.8) is 0 Å². The molecule has 0 bridgehead atoms. The Labute approximate surface area is 171 Å². The molecule has 0 spiro atoms. The molecule has 3 saturated carbocycles. The monoisotopic (exact) mass is 466 g/mol. The predicted octanol–water partition coefficient (Wildman–Crippen LogP) is 5.08. The van der Waals surface area contributed by atoms with Crippen LogP contribution in [0, 0.1) is 40.4 Å². The van der Waals surface area contributed by atoms with E-state index >= 15 is 0 Å². The van der Waals surface area contributed by atoms with Crippen molar-refractivity contribution in [1.82, 2.24) is 0 Å². The highest BCUT2D eigenvalue weighted by molar-refractivity contribution is 14.1. The summed E-state index contributed by atoms with van der Waals surface area (Å²) in [6, 6.07) is 0. The second-order valence-electron chi connectivity index (χ2n) is 9.56. The Kier molecular flexibility index (Phi) is 4.84. The Morgan fingerprint density at radius 3 is 2.69 bits per heavy atom. The first-order valence-corrected chi connectivity index (χ1v) is 11.9. The molecule has 0 heterocycles. The van der Waals surface area contributed by atoms with Gasteiger partial charge in [-0.3, -0.25) is 4.79 Å². The van der Waals surface area contributed by atoms with Crippen molar-refractivity contribution in [3.8, 4) is 11.8 Å². The lowest BCUT2D eigenvalue weighted by Gasteiger charge is -2.58. The molecule has 0 radical (unpaired) electrons. The van der Waals surface area contributed by atoms with Crippen molar-refractivity contribution in [2.75, 3.05) is 4.43 Å². The number of alkyl halides is 1. The van der Waals surface area contributed by atoms with Gasteiger partial charge in [-0.15, -0.1) is 0 Å². The van der Waals surface area contributed by atoms with E-state index in [4.69, 9.17) is 0 Å². The highest BCUT2D eigenvalue weighted by Gasteiger charge is 2.63. The number of hydrogen-bond donors (Lipinski definition) is 1. The van der Waals surface area contributed by atoms with Crippen molar-refractivity contribution in [1.29, 1.82) is 0 Å². The van der Waals surface area contributed by atoms with Crippen molar-refractivity contribution in [3.05, 3.63) is 11.6 Å². The number of rotatable bonds is 1. The maximum absolute atomic E-state index is 11.9. The molecule has 0 aromatic rings. The molecule has 0 aromatic heterocycles. The zero-order chi connectivity index (χ0) is 18.6. The molecule has 2 nitrogen and oxygen atoms in total. The number of carbonyl (C=O) groups is 1. The molecule has 1 unspecified atom stereocenters. The van der Waals surface area contributed by atoms with Crippen LogP contribution in [0.5, 0.6) is 0 Å². The number of hydrogen-bond acceptors (Lipinski definition) is 2. The van der Waals surface area contributed by atoms with Crippen LogP contribution in [-0.2, 0) is 4.79 Å². The zero-order valence-electron chi connectivity index (χ0n) is 16.1. The summed E-state index contributed by atoms with van der Waals surface area (Å²) in [6.07, 6.45) is 11.1. The molecule has 4 aliphatic carbocycles. The van der Waals surface area contributed by atoms with Crippen molar-refractivity contribution >= 4 is 28.4 Å². The molecular weight excluding hydrogens is 435 g/mol. The van der Waals surface area contributed by atoms with E-state index in [-0.39, 0.29) is 10.8 Å². The minimum absolute atomic E-state index is 0.0610.